The van der Waals surface area contributed by atoms with Gasteiger partial charge in [0.2, 0.25) is 0 Å². The van der Waals surface area contributed by atoms with Crippen LogP contribution in [0.2, 0.25) is 0 Å². The highest BCUT2D eigenvalue weighted by Gasteiger charge is 2.16. The van der Waals surface area contributed by atoms with Gasteiger partial charge in [-0.1, -0.05) is 0 Å². The molecule has 0 unspecified atom stereocenters. The largest absolute Gasteiger partial charge is 0.478 e. The fraction of sp³-hybridized carbons (Fsp3) is 0.333. The summed E-state index contributed by atoms with van der Waals surface area (Å²) in [5.41, 5.74) is 1.26. The van der Waals surface area contributed by atoms with Crippen molar-refractivity contribution in [1.29, 1.82) is 0 Å². The number of aromatic nitrogens is 1. The van der Waals surface area contributed by atoms with Gasteiger partial charge in [-0.15, -0.1) is 0 Å². The Hall–Kier alpha value is -2.05. The average Bonchev–Trinajstić information content (AvgIpc) is 2.48. The van der Waals surface area contributed by atoms with Crippen LogP contribution in [0.5, 0.6) is 0 Å². The molecule has 1 N–H and O–H groups in total. The molecular formula is C15H15FN2O3. The SMILES string of the molecule is O=C(O)c1cc(CN2CCOCC2)nc2ccc(F)cc12. The highest BCUT2D eigenvalue weighted by atomic mass is 19.1. The molecule has 1 saturated heterocycles. The van der Waals surface area contributed by atoms with Crippen LogP contribution in [0.15, 0.2) is 24.3 Å². The van der Waals surface area contributed by atoms with Crippen molar-refractivity contribution in [3.63, 3.8) is 0 Å². The summed E-state index contributed by atoms with van der Waals surface area (Å²) in [6.07, 6.45) is 0. The van der Waals surface area contributed by atoms with Crippen LogP contribution >= 0.6 is 0 Å². The van der Waals surface area contributed by atoms with E-state index >= 15 is 0 Å². The van der Waals surface area contributed by atoms with Crippen molar-refractivity contribution in [2.45, 2.75) is 6.54 Å². The number of pyridine rings is 1. The molecule has 5 nitrogen and oxygen atoms in total. The van der Waals surface area contributed by atoms with Crippen LogP contribution in [-0.2, 0) is 11.3 Å². The molecule has 0 radical (unpaired) electrons. The van der Waals surface area contributed by atoms with Gasteiger partial charge in [0.25, 0.3) is 0 Å². The average molecular weight is 290 g/mol. The van der Waals surface area contributed by atoms with Crippen LogP contribution in [0, 0.1) is 5.82 Å². The third kappa shape index (κ3) is 3.01. The van der Waals surface area contributed by atoms with E-state index in [2.05, 4.69) is 9.88 Å². The number of hydrogen-bond donors (Lipinski definition) is 1. The van der Waals surface area contributed by atoms with E-state index in [1.807, 2.05) is 0 Å². The van der Waals surface area contributed by atoms with E-state index in [0.29, 0.717) is 36.4 Å². The second-order valence-corrected chi connectivity index (χ2v) is 5.02. The molecule has 0 spiro atoms. The summed E-state index contributed by atoms with van der Waals surface area (Å²) >= 11 is 0. The van der Waals surface area contributed by atoms with Gasteiger partial charge in [-0.25, -0.2) is 9.18 Å². The molecule has 110 valence electrons. The molecule has 0 aliphatic carbocycles. The lowest BCUT2D eigenvalue weighted by Gasteiger charge is -2.26. The monoisotopic (exact) mass is 290 g/mol. The highest BCUT2D eigenvalue weighted by Crippen LogP contribution is 2.21. The number of carboxylic acids is 1. The highest BCUT2D eigenvalue weighted by molar-refractivity contribution is 6.02. The number of halogens is 1. The van der Waals surface area contributed by atoms with E-state index in [1.54, 1.807) is 0 Å². The lowest BCUT2D eigenvalue weighted by atomic mass is 10.1. The number of carboxylic acid groups (broad SMARTS) is 1. The molecule has 3 rings (SSSR count). The minimum absolute atomic E-state index is 0.0859. The molecule has 1 fully saturated rings. The summed E-state index contributed by atoms with van der Waals surface area (Å²) in [5.74, 6) is -1.54. The topological polar surface area (TPSA) is 62.7 Å². The van der Waals surface area contributed by atoms with Gasteiger partial charge < -0.3 is 9.84 Å². The summed E-state index contributed by atoms with van der Waals surface area (Å²) in [7, 11) is 0. The number of morpholine rings is 1. The molecule has 0 bridgehead atoms. The summed E-state index contributed by atoms with van der Waals surface area (Å²) < 4.78 is 18.6. The molecule has 21 heavy (non-hydrogen) atoms. The van der Waals surface area contributed by atoms with Gasteiger partial charge in [0.05, 0.1) is 30.0 Å². The van der Waals surface area contributed by atoms with Crippen LogP contribution in [0.25, 0.3) is 10.9 Å². The van der Waals surface area contributed by atoms with Crippen molar-refractivity contribution < 1.29 is 19.0 Å². The number of benzene rings is 1. The fourth-order valence-electron chi connectivity index (χ4n) is 2.50. The Kier molecular flexibility index (Phi) is 3.81. The molecule has 0 amide bonds. The zero-order valence-corrected chi connectivity index (χ0v) is 11.4. The first-order valence-corrected chi connectivity index (χ1v) is 6.76. The van der Waals surface area contributed by atoms with Crippen molar-refractivity contribution in [1.82, 2.24) is 9.88 Å². The molecular weight excluding hydrogens is 275 g/mol. The zero-order valence-electron chi connectivity index (χ0n) is 11.4. The summed E-state index contributed by atoms with van der Waals surface area (Å²) in [6, 6.07) is 5.54. The Morgan fingerprint density at radius 1 is 1.33 bits per heavy atom. The van der Waals surface area contributed by atoms with E-state index in [9.17, 15) is 14.3 Å². The third-order valence-electron chi connectivity index (χ3n) is 3.54. The number of aromatic carboxylic acids is 1. The molecule has 1 aromatic carbocycles. The second kappa shape index (κ2) is 5.75. The molecule has 6 heteroatoms. The first-order valence-electron chi connectivity index (χ1n) is 6.76. The van der Waals surface area contributed by atoms with Crippen LogP contribution in [0.4, 0.5) is 4.39 Å². The van der Waals surface area contributed by atoms with Gasteiger partial charge in [0.1, 0.15) is 5.82 Å². The predicted molar refractivity (Wildman–Crippen MR) is 74.8 cm³/mol. The quantitative estimate of drug-likeness (QED) is 0.935. The van der Waals surface area contributed by atoms with Gasteiger partial charge in [0, 0.05) is 25.0 Å². The van der Waals surface area contributed by atoms with E-state index in [0.717, 1.165) is 13.1 Å². The Bertz CT molecular complexity index is 684. The maximum absolute atomic E-state index is 13.3. The lowest BCUT2D eigenvalue weighted by Crippen LogP contribution is -2.35. The number of carbonyl (C=O) groups is 1. The van der Waals surface area contributed by atoms with Gasteiger partial charge in [0.15, 0.2) is 0 Å². The van der Waals surface area contributed by atoms with E-state index in [1.165, 1.54) is 24.3 Å². The number of ether oxygens (including phenoxy) is 1. The van der Waals surface area contributed by atoms with Crippen LogP contribution in [0.1, 0.15) is 16.1 Å². The van der Waals surface area contributed by atoms with E-state index < -0.39 is 11.8 Å². The molecule has 1 aromatic heterocycles. The van der Waals surface area contributed by atoms with Gasteiger partial charge in [-0.3, -0.25) is 9.88 Å². The van der Waals surface area contributed by atoms with E-state index in [-0.39, 0.29) is 5.56 Å². The molecule has 1 aliphatic rings. The van der Waals surface area contributed by atoms with Gasteiger partial charge in [-0.2, -0.15) is 0 Å². The Balaban J connectivity index is 1.99. The number of fused-ring (bicyclic) bond motifs is 1. The maximum atomic E-state index is 13.3. The summed E-state index contributed by atoms with van der Waals surface area (Å²) in [4.78, 5) is 18.0. The first-order chi connectivity index (χ1) is 10.1. The Morgan fingerprint density at radius 2 is 2.10 bits per heavy atom. The van der Waals surface area contributed by atoms with Gasteiger partial charge >= 0.3 is 5.97 Å². The first kappa shape index (κ1) is 13.9. The number of hydrogen-bond acceptors (Lipinski definition) is 4. The van der Waals surface area contributed by atoms with Crippen molar-refractivity contribution in [3.8, 4) is 0 Å². The van der Waals surface area contributed by atoms with Gasteiger partial charge in [-0.05, 0) is 24.3 Å². The van der Waals surface area contributed by atoms with Crippen LogP contribution < -0.4 is 0 Å². The minimum Gasteiger partial charge on any atom is -0.478 e. The van der Waals surface area contributed by atoms with Crippen molar-refractivity contribution >= 4 is 16.9 Å². The molecule has 0 atom stereocenters. The lowest BCUT2D eigenvalue weighted by molar-refractivity contribution is 0.0336. The summed E-state index contributed by atoms with van der Waals surface area (Å²) in [6.45, 7) is 3.50. The normalized spacial score (nSPS) is 16.2. The van der Waals surface area contributed by atoms with Crippen molar-refractivity contribution in [3.05, 3.63) is 41.3 Å². The number of nitrogens with zero attached hydrogens (tertiary/aromatic N) is 2. The van der Waals surface area contributed by atoms with Crippen LogP contribution in [0.3, 0.4) is 0 Å². The molecule has 2 aromatic rings. The fourth-order valence-corrected chi connectivity index (χ4v) is 2.50. The summed E-state index contributed by atoms with van der Waals surface area (Å²) in [5, 5.41) is 9.65. The second-order valence-electron chi connectivity index (χ2n) is 5.02. The maximum Gasteiger partial charge on any atom is 0.336 e. The third-order valence-corrected chi connectivity index (χ3v) is 3.54. The molecule has 0 saturated carbocycles. The standard InChI is InChI=1S/C15H15FN2O3/c16-10-1-2-14-12(7-10)13(15(19)20)8-11(17-14)9-18-3-5-21-6-4-18/h1-2,7-8H,3-6,9H2,(H,19,20). The Morgan fingerprint density at radius 3 is 2.81 bits per heavy atom. The predicted octanol–water partition coefficient (Wildman–Crippen LogP) is 1.90. The molecule has 2 heterocycles. The molecule has 1 aliphatic heterocycles. The zero-order chi connectivity index (χ0) is 14.8. The number of rotatable bonds is 3. The Labute approximate surface area is 121 Å². The smallest absolute Gasteiger partial charge is 0.336 e. The minimum atomic E-state index is -1.07. The van der Waals surface area contributed by atoms with E-state index in [4.69, 9.17) is 4.74 Å². The van der Waals surface area contributed by atoms with Crippen molar-refractivity contribution in [2.24, 2.45) is 0 Å². The van der Waals surface area contributed by atoms with Crippen molar-refractivity contribution in [2.75, 3.05) is 26.3 Å². The van der Waals surface area contributed by atoms with Crippen LogP contribution in [-0.4, -0.2) is 47.3 Å².